The molecule has 3 aliphatic rings. The van der Waals surface area contributed by atoms with Crippen LogP contribution in [0.1, 0.15) is 76.5 Å². The molecule has 1 saturated carbocycles. The van der Waals surface area contributed by atoms with Crippen LogP contribution in [-0.2, 0) is 19.8 Å². The molecule has 7 rings (SSSR count). The number of aliphatic hydroxyl groups is 1. The number of ether oxygens (including phenoxy) is 3. The Morgan fingerprint density at radius 2 is 1.49 bits per heavy atom. The predicted molar refractivity (Wildman–Crippen MR) is 232 cm³/mol. The molecule has 0 radical (unpaired) electrons. The number of pyridine rings is 1. The molecule has 3 aromatic heterocycles. The highest BCUT2D eigenvalue weighted by atomic mass is 28.3. The minimum absolute atomic E-state index is 0.0216. The van der Waals surface area contributed by atoms with E-state index in [4.69, 9.17) is 29.3 Å². The number of amides is 1. The summed E-state index contributed by atoms with van der Waals surface area (Å²) in [5, 5.41) is 17.4. The van der Waals surface area contributed by atoms with E-state index in [1.165, 1.54) is 0 Å². The van der Waals surface area contributed by atoms with Crippen molar-refractivity contribution in [3.8, 4) is 22.4 Å². The molecule has 308 valence electrons. The Morgan fingerprint density at radius 3 is 2.02 bits per heavy atom. The molecule has 2 bridgehead atoms. The first kappa shape index (κ1) is 41.5. The van der Waals surface area contributed by atoms with Crippen LogP contribution in [0.2, 0.25) is 51.4 Å². The lowest BCUT2D eigenvalue weighted by Crippen LogP contribution is -2.48. The third-order valence-corrected chi connectivity index (χ3v) is 14.9. The Balaban J connectivity index is 1.33. The summed E-state index contributed by atoms with van der Waals surface area (Å²) in [5.41, 5.74) is 4.53. The van der Waals surface area contributed by atoms with Gasteiger partial charge in [0.25, 0.3) is 0 Å². The number of carbonyl (C=O) groups excluding carboxylic acids is 1. The summed E-state index contributed by atoms with van der Waals surface area (Å²) >= 11 is 0. The predicted octanol–water partition coefficient (Wildman–Crippen LogP) is 9.52. The van der Waals surface area contributed by atoms with Gasteiger partial charge in [0.1, 0.15) is 24.9 Å². The van der Waals surface area contributed by atoms with Gasteiger partial charge in [-0.2, -0.15) is 9.61 Å². The average Bonchev–Trinajstić information content (AvgIpc) is 3.64. The van der Waals surface area contributed by atoms with Crippen LogP contribution < -0.4 is 4.90 Å². The van der Waals surface area contributed by atoms with Crippen molar-refractivity contribution in [2.24, 2.45) is 0 Å². The molecule has 57 heavy (non-hydrogen) atoms. The summed E-state index contributed by atoms with van der Waals surface area (Å²) < 4.78 is 20.8. The van der Waals surface area contributed by atoms with Crippen LogP contribution in [0.5, 0.6) is 0 Å². The Bertz CT molecular complexity index is 1980. The van der Waals surface area contributed by atoms with Crippen LogP contribution in [0.25, 0.3) is 28.0 Å². The largest absolute Gasteiger partial charge is 0.444 e. The average molecular weight is 813 g/mol. The van der Waals surface area contributed by atoms with Gasteiger partial charge < -0.3 is 29.1 Å². The molecule has 3 fully saturated rings. The van der Waals surface area contributed by atoms with Crippen molar-refractivity contribution < 1.29 is 24.1 Å². The quantitative estimate of drug-likeness (QED) is 0.0712. The molecule has 2 aliphatic heterocycles. The number of fused-ring (bicyclic) bond motifs is 3. The molecule has 0 spiro atoms. The van der Waals surface area contributed by atoms with Gasteiger partial charge in [-0.05, 0) is 77.5 Å². The van der Waals surface area contributed by atoms with E-state index in [9.17, 15) is 9.90 Å². The number of aromatic nitrogens is 4. The molecule has 1 aliphatic carbocycles. The lowest BCUT2D eigenvalue weighted by molar-refractivity contribution is 0.00549. The minimum atomic E-state index is -1.34. The van der Waals surface area contributed by atoms with E-state index in [2.05, 4.69) is 62.4 Å². The van der Waals surface area contributed by atoms with Crippen LogP contribution in [0.4, 0.5) is 10.6 Å². The first-order valence-corrected chi connectivity index (χ1v) is 28.4. The van der Waals surface area contributed by atoms with Gasteiger partial charge in [0.15, 0.2) is 5.65 Å². The summed E-state index contributed by atoms with van der Waals surface area (Å²) in [7, 11) is -2.68. The fourth-order valence-electron chi connectivity index (χ4n) is 8.21. The van der Waals surface area contributed by atoms with Gasteiger partial charge in [-0.25, -0.2) is 9.78 Å². The fraction of sp³-hybridized carbons (Fsp3) is 0.591. The number of piperidine rings is 1. The van der Waals surface area contributed by atoms with Gasteiger partial charge in [-0.15, -0.1) is 0 Å². The van der Waals surface area contributed by atoms with Gasteiger partial charge >= 0.3 is 6.09 Å². The zero-order valence-electron chi connectivity index (χ0n) is 35.7. The maximum Gasteiger partial charge on any atom is 0.410 e. The number of hydrogen-bond donors (Lipinski definition) is 1. The molecule has 1 aromatic carbocycles. The van der Waals surface area contributed by atoms with E-state index < -0.39 is 27.3 Å². The Morgan fingerprint density at radius 1 is 0.877 bits per heavy atom. The molecular formula is C44H64N6O5Si2. The third-order valence-electron chi connectivity index (χ3n) is 11.5. The number of rotatable bonds is 15. The Labute approximate surface area is 341 Å². The molecule has 1 N–H and O–H groups in total. The normalized spacial score (nSPS) is 20.6. The van der Waals surface area contributed by atoms with Crippen molar-refractivity contribution in [1.82, 2.24) is 24.5 Å². The second-order valence-electron chi connectivity index (χ2n) is 20.0. The van der Waals surface area contributed by atoms with Crippen LogP contribution in [-0.4, -0.2) is 96.2 Å². The van der Waals surface area contributed by atoms with Gasteiger partial charge in [-0.1, -0.05) is 75.7 Å². The van der Waals surface area contributed by atoms with Gasteiger partial charge in [0.05, 0.1) is 23.2 Å². The minimum Gasteiger partial charge on any atom is -0.444 e. The second kappa shape index (κ2) is 16.2. The van der Waals surface area contributed by atoms with Crippen LogP contribution >= 0.6 is 0 Å². The fourth-order valence-corrected chi connectivity index (χ4v) is 9.73. The number of carbonyl (C=O) groups is 1. The third kappa shape index (κ3) is 9.81. The molecular weight excluding hydrogens is 749 g/mol. The van der Waals surface area contributed by atoms with E-state index in [1.807, 2.05) is 66.8 Å². The van der Waals surface area contributed by atoms with E-state index in [1.54, 1.807) is 0 Å². The lowest BCUT2D eigenvalue weighted by atomic mass is 9.84. The second-order valence-corrected chi connectivity index (χ2v) is 31.2. The summed E-state index contributed by atoms with van der Waals surface area (Å²) in [6.07, 6.45) is 8.17. The molecule has 11 nitrogen and oxygen atoms in total. The molecule has 2 saturated heterocycles. The highest BCUT2D eigenvalue weighted by molar-refractivity contribution is 6.76. The van der Waals surface area contributed by atoms with Crippen LogP contribution in [0, 0.1) is 0 Å². The van der Waals surface area contributed by atoms with Gasteiger partial charge in [0.2, 0.25) is 0 Å². The standard InChI is InChI=1S/C44H64N6O5Si2/c1-43(2,3)55-42(51)49-34-16-17-35(49)26-33(25-34)39-38(44(52)19-20-44)41(48(29-53-21-23-56(4,5)6)30-54-22-24-57(7,8)9)50-40(47-39)36(28-46-50)32-15-18-37(45-27-32)31-13-11-10-12-14-31/h10-15,18,27-28,33-35,52H,16-17,19-26,29-30H2,1-9H3/t33-,34-,35+. The maximum atomic E-state index is 13.5. The number of hydrogen-bond acceptors (Lipinski definition) is 9. The van der Waals surface area contributed by atoms with Crippen molar-refractivity contribution in [2.45, 2.75) is 140 Å². The van der Waals surface area contributed by atoms with E-state index in [0.29, 0.717) is 45.2 Å². The maximum absolute atomic E-state index is 13.5. The number of nitrogens with zero attached hydrogens (tertiary/aromatic N) is 6. The highest BCUT2D eigenvalue weighted by Crippen LogP contribution is 2.54. The smallest absolute Gasteiger partial charge is 0.410 e. The summed E-state index contributed by atoms with van der Waals surface area (Å²) in [6, 6.07) is 16.5. The summed E-state index contributed by atoms with van der Waals surface area (Å²) in [6.45, 7) is 21.8. The SMILES string of the molecule is CC(C)(C)OC(=O)N1[C@@H]2CC[C@H]1C[C@H](c1nc3c(-c4ccc(-c5ccccc5)nc4)cnn3c(N(COCC[Si](C)(C)C)COCC[Si](C)(C)C)c1C1(O)CC1)C2. The molecule has 1 amide bonds. The summed E-state index contributed by atoms with van der Waals surface area (Å²) in [4.78, 5) is 28.0. The van der Waals surface area contributed by atoms with Crippen molar-refractivity contribution in [1.29, 1.82) is 0 Å². The topological polar surface area (TPSA) is 115 Å². The van der Waals surface area contributed by atoms with Crippen molar-refractivity contribution in [3.05, 3.63) is 66.1 Å². The first-order chi connectivity index (χ1) is 26.9. The Hall–Kier alpha value is -3.63. The molecule has 5 heterocycles. The summed E-state index contributed by atoms with van der Waals surface area (Å²) in [5.74, 6) is 0.798. The lowest BCUT2D eigenvalue weighted by Gasteiger charge is -2.40. The molecule has 0 unspecified atom stereocenters. The Kier molecular flexibility index (Phi) is 11.8. The van der Waals surface area contributed by atoms with Crippen LogP contribution in [0.15, 0.2) is 54.9 Å². The molecule has 3 atom stereocenters. The number of benzene rings is 1. The van der Waals surface area contributed by atoms with E-state index >= 15 is 0 Å². The first-order valence-electron chi connectivity index (χ1n) is 21.0. The number of anilines is 1. The zero-order valence-corrected chi connectivity index (χ0v) is 37.7. The van der Waals surface area contributed by atoms with E-state index in [-0.39, 0.29) is 24.1 Å². The van der Waals surface area contributed by atoms with Crippen molar-refractivity contribution in [2.75, 3.05) is 31.6 Å². The molecule has 13 heteroatoms. The zero-order chi connectivity index (χ0) is 40.8. The molecule has 4 aromatic rings. The van der Waals surface area contributed by atoms with Crippen molar-refractivity contribution in [3.63, 3.8) is 0 Å². The van der Waals surface area contributed by atoms with Crippen molar-refractivity contribution >= 4 is 33.7 Å². The van der Waals surface area contributed by atoms with Gasteiger partial charge in [-0.3, -0.25) is 4.98 Å². The van der Waals surface area contributed by atoms with Crippen LogP contribution in [0.3, 0.4) is 0 Å². The highest BCUT2D eigenvalue weighted by Gasteiger charge is 2.52. The van der Waals surface area contributed by atoms with Gasteiger partial charge in [0, 0.05) is 75.8 Å². The monoisotopic (exact) mass is 812 g/mol. The van der Waals surface area contributed by atoms with E-state index in [0.717, 1.165) is 77.2 Å².